The summed E-state index contributed by atoms with van der Waals surface area (Å²) in [7, 11) is 0. The SMILES string of the molecule is CC1CC(C)CN(c2nnc(SCC(=O)N3CCCCC3C)n2Cc2ccco2)C1. The van der Waals surface area contributed by atoms with Crippen LogP contribution in [0.2, 0.25) is 0 Å². The number of anilines is 1. The Hall–Kier alpha value is -1.96. The lowest BCUT2D eigenvalue weighted by Gasteiger charge is -2.35. The van der Waals surface area contributed by atoms with E-state index in [1.165, 1.54) is 24.6 Å². The van der Waals surface area contributed by atoms with E-state index in [0.29, 0.717) is 30.2 Å². The number of amides is 1. The molecule has 8 heteroatoms. The molecule has 2 aromatic heterocycles. The lowest BCUT2D eigenvalue weighted by Crippen LogP contribution is -2.43. The molecule has 30 heavy (non-hydrogen) atoms. The maximum absolute atomic E-state index is 12.8. The first-order chi connectivity index (χ1) is 14.5. The summed E-state index contributed by atoms with van der Waals surface area (Å²) in [4.78, 5) is 17.2. The predicted octanol–water partition coefficient (Wildman–Crippen LogP) is 3.89. The molecule has 2 aliphatic rings. The summed E-state index contributed by atoms with van der Waals surface area (Å²) < 4.78 is 7.71. The van der Waals surface area contributed by atoms with E-state index >= 15 is 0 Å². The van der Waals surface area contributed by atoms with E-state index in [9.17, 15) is 4.79 Å². The first kappa shape index (κ1) is 21.3. The Labute approximate surface area is 183 Å². The van der Waals surface area contributed by atoms with Gasteiger partial charge in [-0.25, -0.2) is 0 Å². The molecule has 7 nitrogen and oxygen atoms in total. The highest BCUT2D eigenvalue weighted by molar-refractivity contribution is 7.99. The van der Waals surface area contributed by atoms with Gasteiger partial charge in [0, 0.05) is 25.7 Å². The van der Waals surface area contributed by atoms with Gasteiger partial charge in [-0.2, -0.15) is 0 Å². The van der Waals surface area contributed by atoms with Gasteiger partial charge in [-0.05, 0) is 56.6 Å². The zero-order chi connectivity index (χ0) is 21.1. The largest absolute Gasteiger partial charge is 0.467 e. The topological polar surface area (TPSA) is 67.4 Å². The molecule has 4 rings (SSSR count). The zero-order valence-corrected chi connectivity index (χ0v) is 19.1. The van der Waals surface area contributed by atoms with Gasteiger partial charge >= 0.3 is 0 Å². The lowest BCUT2D eigenvalue weighted by atomic mass is 9.92. The Kier molecular flexibility index (Phi) is 6.71. The number of nitrogens with zero attached hydrogens (tertiary/aromatic N) is 5. The van der Waals surface area contributed by atoms with Crippen molar-refractivity contribution in [2.24, 2.45) is 11.8 Å². The molecule has 2 aliphatic heterocycles. The van der Waals surface area contributed by atoms with Crippen LogP contribution in [0.1, 0.15) is 52.2 Å². The molecule has 2 aromatic rings. The monoisotopic (exact) mass is 431 g/mol. The Bertz CT molecular complexity index is 827. The first-order valence-electron chi connectivity index (χ1n) is 11.1. The number of carbonyl (C=O) groups excluding carboxylic acids is 1. The summed E-state index contributed by atoms with van der Waals surface area (Å²) >= 11 is 1.49. The van der Waals surface area contributed by atoms with Gasteiger partial charge in [-0.15, -0.1) is 10.2 Å². The van der Waals surface area contributed by atoms with Crippen LogP contribution in [0.15, 0.2) is 28.0 Å². The Morgan fingerprint density at radius 2 is 2.00 bits per heavy atom. The van der Waals surface area contributed by atoms with Crippen LogP contribution in [0, 0.1) is 11.8 Å². The Morgan fingerprint density at radius 3 is 2.70 bits per heavy atom. The average Bonchev–Trinajstić information content (AvgIpc) is 3.36. The number of piperidine rings is 2. The third-order valence-electron chi connectivity index (χ3n) is 6.19. The van der Waals surface area contributed by atoms with Crippen molar-refractivity contribution in [3.8, 4) is 0 Å². The predicted molar refractivity (Wildman–Crippen MR) is 119 cm³/mol. The Balaban J connectivity index is 1.52. The van der Waals surface area contributed by atoms with Crippen molar-refractivity contribution in [1.29, 1.82) is 0 Å². The maximum atomic E-state index is 12.8. The highest BCUT2D eigenvalue weighted by Gasteiger charge is 2.28. The summed E-state index contributed by atoms with van der Waals surface area (Å²) in [5.41, 5.74) is 0. The zero-order valence-electron chi connectivity index (χ0n) is 18.3. The lowest BCUT2D eigenvalue weighted by molar-refractivity contribution is -0.131. The van der Waals surface area contributed by atoms with Crippen molar-refractivity contribution < 1.29 is 9.21 Å². The fraction of sp³-hybridized carbons (Fsp3) is 0.682. The Morgan fingerprint density at radius 1 is 1.20 bits per heavy atom. The number of likely N-dealkylation sites (tertiary alicyclic amines) is 1. The van der Waals surface area contributed by atoms with Crippen molar-refractivity contribution >= 4 is 23.6 Å². The molecule has 0 aromatic carbocycles. The van der Waals surface area contributed by atoms with Gasteiger partial charge in [-0.3, -0.25) is 9.36 Å². The van der Waals surface area contributed by atoms with Gasteiger partial charge in [0.1, 0.15) is 5.76 Å². The molecule has 0 bridgehead atoms. The second-order valence-corrected chi connectivity index (χ2v) is 9.96. The normalized spacial score (nSPS) is 25.0. The molecule has 0 spiro atoms. The summed E-state index contributed by atoms with van der Waals surface area (Å²) in [6.07, 6.45) is 6.35. The van der Waals surface area contributed by atoms with Crippen LogP contribution in [0.3, 0.4) is 0 Å². The summed E-state index contributed by atoms with van der Waals surface area (Å²) in [6, 6.07) is 4.21. The molecule has 164 valence electrons. The van der Waals surface area contributed by atoms with Crippen LogP contribution in [0.25, 0.3) is 0 Å². The first-order valence-corrected chi connectivity index (χ1v) is 12.1. The second kappa shape index (κ2) is 9.45. The van der Waals surface area contributed by atoms with Crippen LogP contribution >= 0.6 is 11.8 Å². The van der Waals surface area contributed by atoms with Crippen LogP contribution in [-0.2, 0) is 11.3 Å². The van der Waals surface area contributed by atoms with Crippen molar-refractivity contribution in [3.63, 3.8) is 0 Å². The molecule has 0 saturated carbocycles. The molecular weight excluding hydrogens is 398 g/mol. The highest BCUT2D eigenvalue weighted by atomic mass is 32.2. The molecule has 2 saturated heterocycles. The van der Waals surface area contributed by atoms with Gasteiger partial charge in [0.05, 0.1) is 18.6 Å². The van der Waals surface area contributed by atoms with Crippen LogP contribution in [0.5, 0.6) is 0 Å². The van der Waals surface area contributed by atoms with Crippen molar-refractivity contribution in [1.82, 2.24) is 19.7 Å². The van der Waals surface area contributed by atoms with E-state index in [2.05, 4.69) is 40.4 Å². The summed E-state index contributed by atoms with van der Waals surface area (Å²) in [6.45, 7) is 10.1. The molecule has 0 N–H and O–H groups in total. The van der Waals surface area contributed by atoms with E-state index in [-0.39, 0.29) is 5.91 Å². The van der Waals surface area contributed by atoms with Gasteiger partial charge in [0.15, 0.2) is 5.16 Å². The average molecular weight is 432 g/mol. The summed E-state index contributed by atoms with van der Waals surface area (Å²) in [5, 5.41) is 9.81. The number of hydrogen-bond donors (Lipinski definition) is 0. The van der Waals surface area contributed by atoms with Crippen molar-refractivity contribution in [3.05, 3.63) is 24.2 Å². The minimum atomic E-state index is 0.196. The maximum Gasteiger partial charge on any atom is 0.233 e. The van der Waals surface area contributed by atoms with E-state index in [1.54, 1.807) is 6.26 Å². The van der Waals surface area contributed by atoms with E-state index < -0.39 is 0 Å². The number of carbonyl (C=O) groups is 1. The van der Waals surface area contributed by atoms with Crippen LogP contribution in [0.4, 0.5) is 5.95 Å². The molecule has 1 amide bonds. The quantitative estimate of drug-likeness (QED) is 0.647. The van der Waals surface area contributed by atoms with Crippen LogP contribution < -0.4 is 4.90 Å². The molecule has 2 fully saturated rings. The number of hydrogen-bond acceptors (Lipinski definition) is 6. The molecule has 0 radical (unpaired) electrons. The van der Waals surface area contributed by atoms with Gasteiger partial charge in [-0.1, -0.05) is 25.6 Å². The molecule has 0 aliphatic carbocycles. The third-order valence-corrected chi connectivity index (χ3v) is 7.14. The summed E-state index contributed by atoms with van der Waals surface area (Å²) in [5.74, 6) is 3.59. The van der Waals surface area contributed by atoms with Gasteiger partial charge < -0.3 is 14.2 Å². The second-order valence-electron chi connectivity index (χ2n) is 9.02. The number of thioether (sulfide) groups is 1. The van der Waals surface area contributed by atoms with Gasteiger partial charge in [0.2, 0.25) is 11.9 Å². The molecule has 3 atom stereocenters. The third kappa shape index (κ3) is 4.85. The smallest absolute Gasteiger partial charge is 0.233 e. The van der Waals surface area contributed by atoms with Crippen molar-refractivity contribution in [2.45, 2.75) is 64.2 Å². The standard InChI is InChI=1S/C22H33N5O2S/c1-16-11-17(2)13-25(12-16)21-23-24-22(27(21)14-19-8-6-10-29-19)30-15-20(28)26-9-5-4-7-18(26)3/h6,8,10,16-18H,4-5,7,9,11-15H2,1-3H3. The number of aromatic nitrogens is 3. The molecular formula is C22H33N5O2S. The minimum Gasteiger partial charge on any atom is -0.467 e. The van der Waals surface area contributed by atoms with E-state index in [4.69, 9.17) is 4.42 Å². The van der Waals surface area contributed by atoms with Crippen LogP contribution in [-0.4, -0.2) is 57.0 Å². The minimum absolute atomic E-state index is 0.196. The van der Waals surface area contributed by atoms with E-state index in [0.717, 1.165) is 49.3 Å². The fourth-order valence-electron chi connectivity index (χ4n) is 4.82. The fourth-order valence-corrected chi connectivity index (χ4v) is 5.64. The van der Waals surface area contributed by atoms with Gasteiger partial charge in [0.25, 0.3) is 0 Å². The molecule has 3 unspecified atom stereocenters. The highest BCUT2D eigenvalue weighted by Crippen LogP contribution is 2.29. The number of rotatable bonds is 6. The molecule has 4 heterocycles. The van der Waals surface area contributed by atoms with E-state index in [1.807, 2.05) is 17.0 Å². The van der Waals surface area contributed by atoms with Crippen molar-refractivity contribution in [2.75, 3.05) is 30.3 Å². The number of furan rings is 1.